The van der Waals surface area contributed by atoms with Gasteiger partial charge in [-0.2, -0.15) is 0 Å². The predicted octanol–water partition coefficient (Wildman–Crippen LogP) is 1.66. The molecular formula is C13H15NO. The second-order valence-electron chi connectivity index (χ2n) is 3.69. The van der Waals surface area contributed by atoms with Gasteiger partial charge in [0.1, 0.15) is 5.75 Å². The molecule has 2 nitrogen and oxygen atoms in total. The second kappa shape index (κ2) is 4.86. The van der Waals surface area contributed by atoms with E-state index >= 15 is 0 Å². The Labute approximate surface area is 90.6 Å². The Kier molecular flexibility index (Phi) is 3.26. The summed E-state index contributed by atoms with van der Waals surface area (Å²) in [5.41, 5.74) is 1.06. The Morgan fingerprint density at radius 3 is 2.73 bits per heavy atom. The van der Waals surface area contributed by atoms with Gasteiger partial charge in [0.15, 0.2) is 0 Å². The van der Waals surface area contributed by atoms with E-state index in [1.165, 1.54) is 6.42 Å². The molecule has 1 aliphatic heterocycles. The van der Waals surface area contributed by atoms with Crippen LogP contribution in [0.4, 0.5) is 0 Å². The van der Waals surface area contributed by atoms with Gasteiger partial charge in [-0.1, -0.05) is 11.8 Å². The van der Waals surface area contributed by atoms with Gasteiger partial charge in [0.25, 0.3) is 0 Å². The molecule has 0 aromatic heterocycles. The summed E-state index contributed by atoms with van der Waals surface area (Å²) < 4.78 is 5.09. The summed E-state index contributed by atoms with van der Waals surface area (Å²) >= 11 is 0. The first kappa shape index (κ1) is 10.1. The molecule has 0 radical (unpaired) electrons. The van der Waals surface area contributed by atoms with Crippen molar-refractivity contribution in [3.63, 3.8) is 0 Å². The summed E-state index contributed by atoms with van der Waals surface area (Å²) in [5, 5.41) is 3.30. The highest BCUT2D eigenvalue weighted by atomic mass is 16.5. The molecule has 15 heavy (non-hydrogen) atoms. The first-order valence-electron chi connectivity index (χ1n) is 5.25. The summed E-state index contributed by atoms with van der Waals surface area (Å²) in [6.07, 6.45) is 1.17. The third kappa shape index (κ3) is 2.74. The van der Waals surface area contributed by atoms with E-state index < -0.39 is 0 Å². The Morgan fingerprint density at radius 2 is 2.13 bits per heavy atom. The lowest BCUT2D eigenvalue weighted by molar-refractivity contribution is 0.415. The Hall–Kier alpha value is -1.46. The molecule has 1 aliphatic rings. The van der Waals surface area contributed by atoms with Crippen molar-refractivity contribution in [2.24, 2.45) is 5.92 Å². The van der Waals surface area contributed by atoms with Crippen molar-refractivity contribution in [2.75, 3.05) is 20.2 Å². The van der Waals surface area contributed by atoms with Crippen LogP contribution in [0.25, 0.3) is 0 Å². The minimum absolute atomic E-state index is 0.520. The fraction of sp³-hybridized carbons (Fsp3) is 0.385. The first-order valence-corrected chi connectivity index (χ1v) is 5.25. The van der Waals surface area contributed by atoms with E-state index in [2.05, 4.69) is 17.2 Å². The average molecular weight is 201 g/mol. The monoisotopic (exact) mass is 201 g/mol. The van der Waals surface area contributed by atoms with Crippen LogP contribution < -0.4 is 10.1 Å². The number of ether oxygens (including phenoxy) is 1. The molecule has 1 fully saturated rings. The van der Waals surface area contributed by atoms with Gasteiger partial charge in [-0.15, -0.1) is 0 Å². The van der Waals surface area contributed by atoms with Gasteiger partial charge in [-0.25, -0.2) is 0 Å². The van der Waals surface area contributed by atoms with E-state index in [-0.39, 0.29) is 0 Å². The predicted molar refractivity (Wildman–Crippen MR) is 60.8 cm³/mol. The molecular weight excluding hydrogens is 186 g/mol. The van der Waals surface area contributed by atoms with Crippen molar-refractivity contribution in [2.45, 2.75) is 6.42 Å². The van der Waals surface area contributed by atoms with Crippen LogP contribution in [-0.2, 0) is 0 Å². The van der Waals surface area contributed by atoms with Gasteiger partial charge in [0.05, 0.1) is 7.11 Å². The SMILES string of the molecule is COc1ccc(C#CC2CCNC2)cc1. The number of methoxy groups -OCH3 is 1. The minimum Gasteiger partial charge on any atom is -0.497 e. The topological polar surface area (TPSA) is 21.3 Å². The molecule has 0 saturated carbocycles. The molecule has 0 aliphatic carbocycles. The van der Waals surface area contributed by atoms with Crippen LogP contribution in [-0.4, -0.2) is 20.2 Å². The molecule has 1 atom stereocenters. The van der Waals surface area contributed by atoms with Gasteiger partial charge in [0, 0.05) is 18.0 Å². The third-order valence-corrected chi connectivity index (χ3v) is 2.57. The van der Waals surface area contributed by atoms with Crippen LogP contribution in [0, 0.1) is 17.8 Å². The van der Waals surface area contributed by atoms with E-state index in [4.69, 9.17) is 4.74 Å². The average Bonchev–Trinajstić information content (AvgIpc) is 2.80. The quantitative estimate of drug-likeness (QED) is 0.698. The molecule has 0 spiro atoms. The number of rotatable bonds is 1. The van der Waals surface area contributed by atoms with Gasteiger partial charge in [-0.05, 0) is 37.2 Å². The minimum atomic E-state index is 0.520. The van der Waals surface area contributed by atoms with Crippen molar-refractivity contribution in [3.8, 4) is 17.6 Å². The zero-order valence-corrected chi connectivity index (χ0v) is 8.92. The van der Waals surface area contributed by atoms with Crippen LogP contribution >= 0.6 is 0 Å². The molecule has 1 unspecified atom stereocenters. The van der Waals surface area contributed by atoms with E-state index in [9.17, 15) is 0 Å². The number of hydrogen-bond acceptors (Lipinski definition) is 2. The zero-order chi connectivity index (χ0) is 10.5. The fourth-order valence-corrected chi connectivity index (χ4v) is 1.64. The van der Waals surface area contributed by atoms with Crippen molar-refractivity contribution in [1.29, 1.82) is 0 Å². The maximum Gasteiger partial charge on any atom is 0.118 e. The van der Waals surface area contributed by atoms with Gasteiger partial charge in [-0.3, -0.25) is 0 Å². The van der Waals surface area contributed by atoms with Crippen LogP contribution in [0.2, 0.25) is 0 Å². The summed E-state index contributed by atoms with van der Waals surface area (Å²) in [5.74, 6) is 7.87. The summed E-state index contributed by atoms with van der Waals surface area (Å²) in [6.45, 7) is 2.13. The zero-order valence-electron chi connectivity index (χ0n) is 8.92. The van der Waals surface area contributed by atoms with Gasteiger partial charge >= 0.3 is 0 Å². The summed E-state index contributed by atoms with van der Waals surface area (Å²) in [6, 6.07) is 7.87. The van der Waals surface area contributed by atoms with Crippen LogP contribution in [0.1, 0.15) is 12.0 Å². The number of nitrogens with one attached hydrogen (secondary N) is 1. The van der Waals surface area contributed by atoms with Crippen molar-refractivity contribution < 1.29 is 4.74 Å². The smallest absolute Gasteiger partial charge is 0.118 e. The highest BCUT2D eigenvalue weighted by molar-refractivity contribution is 5.38. The highest BCUT2D eigenvalue weighted by Gasteiger charge is 2.10. The fourth-order valence-electron chi connectivity index (χ4n) is 1.64. The van der Waals surface area contributed by atoms with Crippen molar-refractivity contribution in [1.82, 2.24) is 5.32 Å². The highest BCUT2D eigenvalue weighted by Crippen LogP contribution is 2.11. The van der Waals surface area contributed by atoms with Gasteiger partial charge < -0.3 is 10.1 Å². The van der Waals surface area contributed by atoms with Crippen molar-refractivity contribution >= 4 is 0 Å². The largest absolute Gasteiger partial charge is 0.497 e. The molecule has 1 aromatic carbocycles. The lowest BCUT2D eigenvalue weighted by Crippen LogP contribution is -2.07. The van der Waals surface area contributed by atoms with Gasteiger partial charge in [0.2, 0.25) is 0 Å². The standard InChI is InChI=1S/C13H15NO/c1-15-13-6-4-11(5-7-13)2-3-12-8-9-14-10-12/h4-7,12,14H,8-10H2,1H3. The third-order valence-electron chi connectivity index (χ3n) is 2.57. The molecule has 1 aromatic rings. The molecule has 1 N–H and O–H groups in total. The maximum atomic E-state index is 5.09. The molecule has 2 rings (SSSR count). The lowest BCUT2D eigenvalue weighted by Gasteiger charge is -1.98. The second-order valence-corrected chi connectivity index (χ2v) is 3.69. The molecule has 2 heteroatoms. The molecule has 1 saturated heterocycles. The number of benzene rings is 1. The van der Waals surface area contributed by atoms with E-state index in [0.717, 1.165) is 24.4 Å². The molecule has 0 bridgehead atoms. The van der Waals surface area contributed by atoms with E-state index in [1.807, 2.05) is 24.3 Å². The Morgan fingerprint density at radius 1 is 1.33 bits per heavy atom. The summed E-state index contributed by atoms with van der Waals surface area (Å²) in [7, 11) is 1.67. The first-order chi connectivity index (χ1) is 7.38. The van der Waals surface area contributed by atoms with E-state index in [1.54, 1.807) is 7.11 Å². The van der Waals surface area contributed by atoms with Crippen LogP contribution in [0.5, 0.6) is 5.75 Å². The summed E-state index contributed by atoms with van der Waals surface area (Å²) in [4.78, 5) is 0. The Bertz CT molecular complexity index is 366. The van der Waals surface area contributed by atoms with Crippen molar-refractivity contribution in [3.05, 3.63) is 29.8 Å². The lowest BCUT2D eigenvalue weighted by atomic mass is 10.1. The Balaban J connectivity index is 2.03. The molecule has 0 amide bonds. The molecule has 78 valence electrons. The van der Waals surface area contributed by atoms with Crippen LogP contribution in [0.15, 0.2) is 24.3 Å². The van der Waals surface area contributed by atoms with Crippen LogP contribution in [0.3, 0.4) is 0 Å². The van der Waals surface area contributed by atoms with E-state index in [0.29, 0.717) is 5.92 Å². The molecule has 1 heterocycles. The normalized spacial score (nSPS) is 19.4. The maximum absolute atomic E-state index is 5.09. The number of hydrogen-bond donors (Lipinski definition) is 1.